The zero-order valence-electron chi connectivity index (χ0n) is 11.6. The number of H-pyrrole nitrogens is 1. The molecule has 6 nitrogen and oxygen atoms in total. The van der Waals surface area contributed by atoms with E-state index in [1.165, 1.54) is 17.5 Å². The Morgan fingerprint density at radius 3 is 2.65 bits per heavy atom. The van der Waals surface area contributed by atoms with E-state index in [0.29, 0.717) is 11.0 Å². The summed E-state index contributed by atoms with van der Waals surface area (Å²) in [6.45, 7) is 5.74. The third-order valence-electron chi connectivity index (χ3n) is 2.57. The second-order valence-electron chi connectivity index (χ2n) is 4.49. The van der Waals surface area contributed by atoms with Crippen molar-refractivity contribution in [3.63, 3.8) is 0 Å². The van der Waals surface area contributed by atoms with Crippen molar-refractivity contribution in [1.82, 2.24) is 15.0 Å². The van der Waals surface area contributed by atoms with Crippen molar-refractivity contribution in [3.05, 3.63) is 17.7 Å². The first-order valence-corrected chi connectivity index (χ1v) is 9.45. The Morgan fingerprint density at radius 1 is 1.45 bits per heavy atom. The number of aryl methyl sites for hydroxylation is 1. The monoisotopic (exact) mass is 332 g/mol. The van der Waals surface area contributed by atoms with Gasteiger partial charge in [-0.15, -0.1) is 11.8 Å². The van der Waals surface area contributed by atoms with Gasteiger partial charge >= 0.3 is 0 Å². The lowest BCUT2D eigenvalue weighted by Crippen LogP contribution is -2.13. The van der Waals surface area contributed by atoms with Crippen molar-refractivity contribution in [2.45, 2.75) is 35.9 Å². The fraction of sp³-hybridized carbons (Fsp3) is 0.455. The molecule has 0 unspecified atom stereocenters. The van der Waals surface area contributed by atoms with E-state index >= 15 is 0 Å². The minimum absolute atomic E-state index is 0.0553. The van der Waals surface area contributed by atoms with E-state index in [1.807, 2.05) is 27.0 Å². The van der Waals surface area contributed by atoms with Gasteiger partial charge in [-0.1, -0.05) is 25.2 Å². The first kappa shape index (κ1) is 15.3. The number of nitrogens with one attached hydrogen (secondary N) is 2. The van der Waals surface area contributed by atoms with Crippen LogP contribution in [0.15, 0.2) is 15.4 Å². The predicted octanol–water partition coefficient (Wildman–Crippen LogP) is 2.82. The Hall–Kier alpha value is -1.06. The maximum atomic E-state index is 12.2. The van der Waals surface area contributed by atoms with Crippen LogP contribution in [0.25, 0.3) is 0 Å². The molecule has 2 rings (SSSR count). The summed E-state index contributed by atoms with van der Waals surface area (Å²) >= 11 is 2.87. The number of hydrogen-bond donors (Lipinski definition) is 2. The SMILES string of the molecule is CSc1sc(NS(=O)(=O)c2cnc(C(C)C)[nH]2)nc1C. The highest BCUT2D eigenvalue weighted by Crippen LogP contribution is 2.31. The summed E-state index contributed by atoms with van der Waals surface area (Å²) in [7, 11) is -3.67. The molecule has 0 spiro atoms. The van der Waals surface area contributed by atoms with Crippen LogP contribution in [0.3, 0.4) is 0 Å². The van der Waals surface area contributed by atoms with Crippen molar-refractivity contribution >= 4 is 38.3 Å². The molecule has 2 aromatic rings. The van der Waals surface area contributed by atoms with Crippen LogP contribution in [0.5, 0.6) is 0 Å². The van der Waals surface area contributed by atoms with Gasteiger partial charge in [-0.05, 0) is 13.2 Å². The van der Waals surface area contributed by atoms with E-state index < -0.39 is 10.0 Å². The van der Waals surface area contributed by atoms with E-state index in [0.717, 1.165) is 9.90 Å². The Kier molecular flexibility index (Phi) is 4.40. The number of hydrogen-bond acceptors (Lipinski definition) is 6. The molecule has 0 aliphatic rings. The van der Waals surface area contributed by atoms with Gasteiger partial charge in [0.05, 0.1) is 16.1 Å². The quantitative estimate of drug-likeness (QED) is 0.822. The molecular weight excluding hydrogens is 316 g/mol. The number of imidazole rings is 1. The molecule has 0 fully saturated rings. The lowest BCUT2D eigenvalue weighted by atomic mass is 10.2. The Labute approximate surface area is 126 Å². The molecule has 9 heteroatoms. The van der Waals surface area contributed by atoms with Crippen LogP contribution in [-0.2, 0) is 10.0 Å². The first-order valence-electron chi connectivity index (χ1n) is 5.92. The molecule has 0 aliphatic heterocycles. The molecule has 110 valence electrons. The summed E-state index contributed by atoms with van der Waals surface area (Å²) < 4.78 is 27.9. The molecular formula is C11H16N4O2S3. The molecule has 0 saturated carbocycles. The fourth-order valence-electron chi connectivity index (χ4n) is 1.53. The molecule has 2 aromatic heterocycles. The summed E-state index contributed by atoms with van der Waals surface area (Å²) in [5.41, 5.74) is 0.827. The first-order chi connectivity index (χ1) is 9.33. The van der Waals surface area contributed by atoms with Crippen molar-refractivity contribution in [2.75, 3.05) is 11.0 Å². The maximum Gasteiger partial charge on any atom is 0.280 e. The summed E-state index contributed by atoms with van der Waals surface area (Å²) in [6.07, 6.45) is 3.26. The number of thiazole rings is 1. The van der Waals surface area contributed by atoms with Crippen molar-refractivity contribution in [2.24, 2.45) is 0 Å². The average Bonchev–Trinajstić information content (AvgIpc) is 2.95. The largest absolute Gasteiger partial charge is 0.331 e. The average molecular weight is 332 g/mol. The smallest absolute Gasteiger partial charge is 0.280 e. The Bertz CT molecular complexity index is 703. The Morgan fingerprint density at radius 2 is 2.15 bits per heavy atom. The van der Waals surface area contributed by atoms with Gasteiger partial charge in [-0.2, -0.15) is 8.42 Å². The molecule has 2 N–H and O–H groups in total. The van der Waals surface area contributed by atoms with Gasteiger partial charge in [0, 0.05) is 5.92 Å². The second-order valence-corrected chi connectivity index (χ2v) is 8.21. The van der Waals surface area contributed by atoms with Crippen LogP contribution >= 0.6 is 23.1 Å². The van der Waals surface area contributed by atoms with Crippen LogP contribution in [-0.4, -0.2) is 29.6 Å². The van der Waals surface area contributed by atoms with Gasteiger partial charge in [0.1, 0.15) is 5.82 Å². The molecule has 0 aliphatic carbocycles. The second kappa shape index (κ2) is 5.74. The minimum atomic E-state index is -3.67. The topological polar surface area (TPSA) is 87.7 Å². The third kappa shape index (κ3) is 3.15. The molecule has 2 heterocycles. The van der Waals surface area contributed by atoms with Crippen molar-refractivity contribution in [3.8, 4) is 0 Å². The summed E-state index contributed by atoms with van der Waals surface area (Å²) in [6, 6.07) is 0. The molecule has 0 radical (unpaired) electrons. The molecule has 0 saturated heterocycles. The van der Waals surface area contributed by atoms with Crippen LogP contribution in [0, 0.1) is 6.92 Å². The maximum absolute atomic E-state index is 12.2. The zero-order chi connectivity index (χ0) is 14.9. The van der Waals surface area contributed by atoms with E-state index in [9.17, 15) is 8.42 Å². The molecule has 0 aromatic carbocycles. The third-order valence-corrected chi connectivity index (χ3v) is 6.23. The van der Waals surface area contributed by atoms with E-state index in [1.54, 1.807) is 11.8 Å². The summed E-state index contributed by atoms with van der Waals surface area (Å²) in [5, 5.41) is 0.423. The van der Waals surface area contributed by atoms with E-state index in [-0.39, 0.29) is 10.9 Å². The number of sulfonamides is 1. The van der Waals surface area contributed by atoms with E-state index in [4.69, 9.17) is 0 Å². The van der Waals surface area contributed by atoms with Gasteiger partial charge in [0.2, 0.25) is 0 Å². The summed E-state index contributed by atoms with van der Waals surface area (Å²) in [5.74, 6) is 0.787. The number of rotatable bonds is 5. The lowest BCUT2D eigenvalue weighted by molar-refractivity contribution is 0.597. The number of nitrogens with zero attached hydrogens (tertiary/aromatic N) is 2. The van der Waals surface area contributed by atoms with Gasteiger partial charge in [0.15, 0.2) is 10.2 Å². The highest BCUT2D eigenvalue weighted by Gasteiger charge is 2.20. The minimum Gasteiger partial charge on any atom is -0.331 e. The van der Waals surface area contributed by atoms with Gasteiger partial charge in [-0.3, -0.25) is 4.72 Å². The highest BCUT2D eigenvalue weighted by molar-refractivity contribution is 8.00. The van der Waals surface area contributed by atoms with Crippen LogP contribution in [0.1, 0.15) is 31.3 Å². The van der Waals surface area contributed by atoms with Gasteiger partial charge in [0.25, 0.3) is 10.0 Å². The van der Waals surface area contributed by atoms with Crippen LogP contribution in [0.4, 0.5) is 5.13 Å². The number of thioether (sulfide) groups is 1. The van der Waals surface area contributed by atoms with E-state index in [2.05, 4.69) is 19.7 Å². The van der Waals surface area contributed by atoms with Crippen LogP contribution < -0.4 is 4.72 Å². The number of aromatic amines is 1. The molecule has 0 atom stereocenters. The van der Waals surface area contributed by atoms with Crippen LogP contribution in [0.2, 0.25) is 0 Å². The molecule has 0 amide bonds. The van der Waals surface area contributed by atoms with Gasteiger partial charge < -0.3 is 4.98 Å². The highest BCUT2D eigenvalue weighted by atomic mass is 32.2. The van der Waals surface area contributed by atoms with Gasteiger partial charge in [-0.25, -0.2) is 9.97 Å². The number of aromatic nitrogens is 3. The predicted molar refractivity (Wildman–Crippen MR) is 82.1 cm³/mol. The van der Waals surface area contributed by atoms with Crippen molar-refractivity contribution in [1.29, 1.82) is 0 Å². The standard InChI is InChI=1S/C11H16N4O2S3/c1-6(2)9-12-5-8(14-9)20(16,17)15-11-13-7(3)10(18-4)19-11/h5-6H,1-4H3,(H,12,14)(H,13,15). The summed E-state index contributed by atoms with van der Waals surface area (Å²) in [4.78, 5) is 11.1. The molecule has 20 heavy (non-hydrogen) atoms. The lowest BCUT2D eigenvalue weighted by Gasteiger charge is -2.02. The zero-order valence-corrected chi connectivity index (χ0v) is 14.0. The number of anilines is 1. The fourth-order valence-corrected chi connectivity index (χ4v) is 4.31. The Balaban J connectivity index is 2.25. The normalized spacial score (nSPS) is 12.1. The van der Waals surface area contributed by atoms with Crippen molar-refractivity contribution < 1.29 is 8.42 Å². The molecule has 0 bridgehead atoms.